The Morgan fingerprint density at radius 3 is 2.38 bits per heavy atom. The van der Waals surface area contributed by atoms with Crippen LogP contribution >= 0.6 is 11.3 Å². The maximum Gasteiger partial charge on any atom is 0.415 e. The van der Waals surface area contributed by atoms with E-state index in [9.17, 15) is 27.9 Å². The van der Waals surface area contributed by atoms with E-state index in [2.05, 4.69) is 5.32 Å². The van der Waals surface area contributed by atoms with Crippen molar-refractivity contribution in [1.29, 1.82) is 0 Å². The van der Waals surface area contributed by atoms with Crippen LogP contribution in [0.4, 0.5) is 4.79 Å². The number of benzene rings is 1. The van der Waals surface area contributed by atoms with Gasteiger partial charge in [0.1, 0.15) is 22.0 Å². The van der Waals surface area contributed by atoms with Gasteiger partial charge in [0, 0.05) is 25.6 Å². The molecule has 4 aliphatic rings. The summed E-state index contributed by atoms with van der Waals surface area (Å²) in [4.78, 5) is 39.4. The van der Waals surface area contributed by atoms with E-state index in [0.717, 1.165) is 24.2 Å². The highest BCUT2D eigenvalue weighted by Crippen LogP contribution is 2.43. The topological polar surface area (TPSA) is 143 Å². The molecule has 1 aliphatic carbocycles. The lowest BCUT2D eigenvalue weighted by atomic mass is 9.76. The molecule has 4 heterocycles. The Balaban J connectivity index is 1.26. The van der Waals surface area contributed by atoms with Crippen LogP contribution in [0, 0.1) is 5.92 Å². The molecule has 2 atom stereocenters. The number of nitrogens with one attached hydrogen (secondary N) is 1. The Morgan fingerprint density at radius 1 is 1.08 bits per heavy atom. The second kappa shape index (κ2) is 11.6. The lowest BCUT2D eigenvalue weighted by molar-refractivity contribution is -0.143. The summed E-state index contributed by atoms with van der Waals surface area (Å²) in [6.07, 6.45) is 2.32. The number of carbonyl (C=O) groups excluding carboxylic acids is 2. The fraction of sp³-hybridized carbons (Fsp3) is 0.500. The quantitative estimate of drug-likeness (QED) is 0.487. The summed E-state index contributed by atoms with van der Waals surface area (Å²) in [6.45, 7) is 1.81. The van der Waals surface area contributed by atoms with Gasteiger partial charge in [0.05, 0.1) is 13.2 Å². The zero-order chi connectivity index (χ0) is 27.6. The van der Waals surface area contributed by atoms with Gasteiger partial charge in [0.15, 0.2) is 0 Å². The van der Waals surface area contributed by atoms with Crippen LogP contribution < -0.4 is 10.1 Å². The molecule has 2 bridgehead atoms. The Bertz CT molecular complexity index is 1280. The lowest BCUT2D eigenvalue weighted by Gasteiger charge is -2.49. The summed E-state index contributed by atoms with van der Waals surface area (Å²) < 4.78 is 39.1. The molecule has 2 amide bonds. The molecular formula is C26H31N3O8S2. The van der Waals surface area contributed by atoms with E-state index in [4.69, 9.17) is 9.47 Å². The summed E-state index contributed by atoms with van der Waals surface area (Å²) in [5.41, 5.74) is 0.613. The monoisotopic (exact) mass is 577 g/mol. The van der Waals surface area contributed by atoms with E-state index in [1.54, 1.807) is 40.6 Å². The minimum atomic E-state index is -3.89. The number of morpholine rings is 1. The average molecular weight is 578 g/mol. The third-order valence-electron chi connectivity index (χ3n) is 7.57. The molecule has 3 aliphatic heterocycles. The van der Waals surface area contributed by atoms with Gasteiger partial charge in [-0.2, -0.15) is 4.31 Å². The molecule has 39 heavy (non-hydrogen) atoms. The number of fused-ring (bicyclic) bond motifs is 3. The van der Waals surface area contributed by atoms with Gasteiger partial charge in [0.2, 0.25) is 5.91 Å². The number of carbonyl (C=O) groups is 3. The minimum Gasteiger partial charge on any atom is -0.480 e. The van der Waals surface area contributed by atoms with Crippen LogP contribution in [-0.2, 0) is 30.8 Å². The standard InChI is InChI=1S/C26H31N3O8S2/c30-24(23-18-5-7-19(8-6-18)29(23)39(34,35)22-2-1-15-38-22)27-21(25(31)32)16-17-3-9-20(10-4-17)37-26(33)28-11-13-36-14-12-28/h1-4,9-10,15,18-19,21,23H,5-8,11-14,16H2,(H,27,30)(H,31,32). The number of thiophene rings is 1. The first-order valence-corrected chi connectivity index (χ1v) is 15.3. The SMILES string of the molecule is O=C(O)C(Cc1ccc(OC(=O)N2CCOCC2)cc1)NC(=O)C1C2CCC(CC2)N1S(=O)(=O)c1cccs1. The third-order valence-corrected chi connectivity index (χ3v) is 10.9. The predicted octanol–water partition coefficient (Wildman–Crippen LogP) is 2.32. The smallest absolute Gasteiger partial charge is 0.415 e. The van der Waals surface area contributed by atoms with Crippen LogP contribution in [0.2, 0.25) is 0 Å². The number of hydrogen-bond donors (Lipinski definition) is 2. The number of ether oxygens (including phenoxy) is 2. The number of carboxylic acids is 1. The second-order valence-corrected chi connectivity index (χ2v) is 13.0. The highest BCUT2D eigenvalue weighted by molar-refractivity contribution is 7.91. The molecule has 13 heteroatoms. The first-order valence-electron chi connectivity index (χ1n) is 13.0. The van der Waals surface area contributed by atoms with Gasteiger partial charge in [-0.1, -0.05) is 18.2 Å². The van der Waals surface area contributed by atoms with Gasteiger partial charge in [0.25, 0.3) is 10.0 Å². The van der Waals surface area contributed by atoms with E-state index in [-0.39, 0.29) is 22.6 Å². The summed E-state index contributed by atoms with van der Waals surface area (Å²) >= 11 is 1.10. The number of sulfonamides is 1. The van der Waals surface area contributed by atoms with Crippen molar-refractivity contribution in [3.63, 3.8) is 0 Å². The van der Waals surface area contributed by atoms with E-state index in [0.29, 0.717) is 50.5 Å². The van der Waals surface area contributed by atoms with E-state index >= 15 is 0 Å². The largest absolute Gasteiger partial charge is 0.480 e. The van der Waals surface area contributed by atoms with Crippen LogP contribution in [0.3, 0.4) is 0 Å². The second-order valence-electron chi connectivity index (χ2n) is 10.00. The van der Waals surface area contributed by atoms with Crippen molar-refractivity contribution in [3.8, 4) is 5.75 Å². The molecule has 2 aromatic rings. The zero-order valence-electron chi connectivity index (χ0n) is 21.2. The van der Waals surface area contributed by atoms with Gasteiger partial charge in [-0.15, -0.1) is 11.3 Å². The number of aliphatic carboxylic acids is 1. The molecule has 1 aromatic heterocycles. The van der Waals surface area contributed by atoms with Gasteiger partial charge >= 0.3 is 12.1 Å². The number of hydrogen-bond acceptors (Lipinski definition) is 8. The molecule has 2 unspecified atom stereocenters. The van der Waals surface area contributed by atoms with E-state index in [1.807, 2.05) is 0 Å². The van der Waals surface area contributed by atoms with Crippen molar-refractivity contribution in [2.45, 2.75) is 54.4 Å². The molecule has 11 nitrogen and oxygen atoms in total. The van der Waals surface area contributed by atoms with Gasteiger partial charge in [-0.25, -0.2) is 18.0 Å². The fourth-order valence-electron chi connectivity index (χ4n) is 5.59. The molecule has 1 aromatic carbocycles. The Labute approximate surface area is 230 Å². The maximum absolute atomic E-state index is 13.5. The highest BCUT2D eigenvalue weighted by Gasteiger charge is 2.51. The van der Waals surface area contributed by atoms with Crippen molar-refractivity contribution in [2.24, 2.45) is 5.92 Å². The highest BCUT2D eigenvalue weighted by atomic mass is 32.2. The lowest BCUT2D eigenvalue weighted by Crippen LogP contribution is -2.63. The third kappa shape index (κ3) is 5.96. The Hall–Kier alpha value is -3.00. The minimum absolute atomic E-state index is 0.0166. The van der Waals surface area contributed by atoms with Crippen molar-refractivity contribution in [2.75, 3.05) is 26.3 Å². The van der Waals surface area contributed by atoms with Gasteiger partial charge in [-0.3, -0.25) is 4.79 Å². The first kappa shape index (κ1) is 27.6. The zero-order valence-corrected chi connectivity index (χ0v) is 22.9. The number of rotatable bonds is 8. The summed E-state index contributed by atoms with van der Waals surface area (Å²) in [6, 6.07) is 7.12. The maximum atomic E-state index is 13.5. The van der Waals surface area contributed by atoms with Crippen LogP contribution in [0.25, 0.3) is 0 Å². The Morgan fingerprint density at radius 2 is 1.77 bits per heavy atom. The predicted molar refractivity (Wildman–Crippen MR) is 141 cm³/mol. The first-order chi connectivity index (χ1) is 18.7. The molecule has 3 saturated heterocycles. The molecule has 210 valence electrons. The molecule has 0 spiro atoms. The van der Waals surface area contributed by atoms with E-state index < -0.39 is 40.1 Å². The Kier molecular flexibility index (Phi) is 8.21. The molecule has 2 N–H and O–H groups in total. The van der Waals surface area contributed by atoms with Crippen LogP contribution in [0.15, 0.2) is 46.0 Å². The van der Waals surface area contributed by atoms with Gasteiger partial charge in [-0.05, 0) is 60.7 Å². The molecule has 0 radical (unpaired) electrons. The number of amides is 2. The average Bonchev–Trinajstić information content (AvgIpc) is 3.50. The van der Waals surface area contributed by atoms with Crippen molar-refractivity contribution in [1.82, 2.24) is 14.5 Å². The summed E-state index contributed by atoms with van der Waals surface area (Å²) in [5, 5.41) is 14.2. The van der Waals surface area contributed by atoms with Crippen molar-refractivity contribution >= 4 is 39.3 Å². The molecule has 6 rings (SSSR count). The van der Waals surface area contributed by atoms with Crippen LogP contribution in [0.1, 0.15) is 31.2 Å². The van der Waals surface area contributed by atoms with E-state index in [1.165, 1.54) is 10.4 Å². The van der Waals surface area contributed by atoms with Crippen molar-refractivity contribution in [3.05, 3.63) is 47.3 Å². The normalized spacial score (nSPS) is 24.2. The van der Waals surface area contributed by atoms with Crippen LogP contribution in [0.5, 0.6) is 5.75 Å². The van der Waals surface area contributed by atoms with Crippen molar-refractivity contribution < 1.29 is 37.4 Å². The fourth-order valence-corrected chi connectivity index (χ4v) is 8.58. The number of carboxylic acid groups (broad SMARTS) is 1. The van der Waals surface area contributed by atoms with Crippen LogP contribution in [-0.4, -0.2) is 85.1 Å². The number of nitrogens with zero attached hydrogens (tertiary/aromatic N) is 2. The molecule has 4 fully saturated rings. The summed E-state index contributed by atoms with van der Waals surface area (Å²) in [7, 11) is -3.89. The van der Waals surface area contributed by atoms with Gasteiger partial charge < -0.3 is 24.8 Å². The molecular weight excluding hydrogens is 546 g/mol. The number of piperidine rings is 2. The summed E-state index contributed by atoms with van der Waals surface area (Å²) in [5.74, 6) is -1.66. The molecule has 1 saturated carbocycles.